The molecule has 0 aromatic rings. The van der Waals surface area contributed by atoms with Crippen LogP contribution in [0.1, 0.15) is 51.4 Å². The first kappa shape index (κ1) is 15.0. The zero-order valence-electron chi connectivity index (χ0n) is 10.5. The van der Waals surface area contributed by atoms with Gasteiger partial charge in [0, 0.05) is 18.3 Å². The van der Waals surface area contributed by atoms with Gasteiger partial charge in [-0.25, -0.2) is 0 Å². The summed E-state index contributed by atoms with van der Waals surface area (Å²) < 4.78 is 5.74. The molecule has 1 fully saturated rings. The highest BCUT2D eigenvalue weighted by atomic mass is 79.9. The maximum Gasteiger partial charge on any atom is 0.220 e. The van der Waals surface area contributed by atoms with E-state index in [4.69, 9.17) is 4.74 Å². The Bertz CT molecular complexity index is 206. The number of halogens is 1. The summed E-state index contributed by atoms with van der Waals surface area (Å²) in [4.78, 5) is 11.4. The highest BCUT2D eigenvalue weighted by Gasteiger charge is 2.13. The Morgan fingerprint density at radius 2 is 2.00 bits per heavy atom. The third kappa shape index (κ3) is 7.77. The molecule has 1 rings (SSSR count). The number of ether oxygens (including phenoxy) is 1. The van der Waals surface area contributed by atoms with Gasteiger partial charge in [-0.1, -0.05) is 35.2 Å². The van der Waals surface area contributed by atoms with Gasteiger partial charge in [-0.15, -0.1) is 0 Å². The Hall–Kier alpha value is -0.0900. The average molecular weight is 306 g/mol. The first-order valence-corrected chi connectivity index (χ1v) is 7.89. The van der Waals surface area contributed by atoms with E-state index in [1.165, 1.54) is 32.1 Å². The van der Waals surface area contributed by atoms with Crippen LogP contribution in [0, 0.1) is 0 Å². The summed E-state index contributed by atoms with van der Waals surface area (Å²) in [6.07, 6.45) is 9.42. The minimum atomic E-state index is 0.151. The van der Waals surface area contributed by atoms with Crippen molar-refractivity contribution in [1.82, 2.24) is 5.32 Å². The van der Waals surface area contributed by atoms with Crippen LogP contribution in [-0.2, 0) is 9.53 Å². The smallest absolute Gasteiger partial charge is 0.220 e. The summed E-state index contributed by atoms with van der Waals surface area (Å²) in [7, 11) is 0. The highest BCUT2D eigenvalue weighted by molar-refractivity contribution is 9.09. The molecule has 0 atom stereocenters. The van der Waals surface area contributed by atoms with Crippen LogP contribution < -0.4 is 5.32 Å². The van der Waals surface area contributed by atoms with E-state index in [0.717, 1.165) is 18.2 Å². The van der Waals surface area contributed by atoms with Crippen LogP contribution in [0.4, 0.5) is 0 Å². The van der Waals surface area contributed by atoms with Crippen molar-refractivity contribution in [2.45, 2.75) is 57.5 Å². The van der Waals surface area contributed by atoms with Gasteiger partial charge in [-0.2, -0.15) is 0 Å². The normalized spacial score (nSPS) is 17.0. The third-order valence-corrected chi connectivity index (χ3v) is 3.68. The molecule has 0 bridgehead atoms. The maximum absolute atomic E-state index is 11.4. The topological polar surface area (TPSA) is 38.3 Å². The van der Waals surface area contributed by atoms with Crippen molar-refractivity contribution in [3.63, 3.8) is 0 Å². The van der Waals surface area contributed by atoms with E-state index in [9.17, 15) is 4.79 Å². The lowest BCUT2D eigenvalue weighted by Gasteiger charge is -2.21. The van der Waals surface area contributed by atoms with Gasteiger partial charge in [-0.3, -0.25) is 4.79 Å². The van der Waals surface area contributed by atoms with Crippen LogP contribution in [0.2, 0.25) is 0 Å². The zero-order chi connectivity index (χ0) is 12.3. The lowest BCUT2D eigenvalue weighted by Crippen LogP contribution is -2.29. The summed E-state index contributed by atoms with van der Waals surface area (Å²) in [5.74, 6) is 0.151. The minimum Gasteiger partial charge on any atom is -0.376 e. The second-order valence-electron chi connectivity index (χ2n) is 4.63. The third-order valence-electron chi connectivity index (χ3n) is 3.12. The summed E-state index contributed by atoms with van der Waals surface area (Å²) in [6.45, 7) is 1.32. The molecule has 3 nitrogen and oxygen atoms in total. The molecule has 0 aliphatic heterocycles. The molecular weight excluding hydrogens is 282 g/mol. The van der Waals surface area contributed by atoms with Crippen molar-refractivity contribution < 1.29 is 9.53 Å². The number of nitrogens with one attached hydrogen (secondary N) is 1. The monoisotopic (exact) mass is 305 g/mol. The fourth-order valence-electron chi connectivity index (χ4n) is 2.12. The molecule has 4 heteroatoms. The van der Waals surface area contributed by atoms with Gasteiger partial charge in [0.05, 0.1) is 12.7 Å². The number of amides is 1. The molecule has 1 amide bonds. The van der Waals surface area contributed by atoms with Crippen molar-refractivity contribution >= 4 is 21.8 Å². The van der Waals surface area contributed by atoms with Gasteiger partial charge >= 0.3 is 0 Å². The van der Waals surface area contributed by atoms with E-state index < -0.39 is 0 Å². The molecule has 1 aliphatic rings. The first-order valence-electron chi connectivity index (χ1n) is 6.77. The van der Waals surface area contributed by atoms with E-state index in [1.807, 2.05) is 0 Å². The van der Waals surface area contributed by atoms with Crippen LogP contribution in [0.25, 0.3) is 0 Å². The molecule has 0 spiro atoms. The molecule has 1 saturated carbocycles. The Labute approximate surface area is 113 Å². The zero-order valence-corrected chi connectivity index (χ0v) is 12.1. The van der Waals surface area contributed by atoms with E-state index in [1.54, 1.807) is 0 Å². The molecular formula is C13H24BrNO2. The molecule has 0 radical (unpaired) electrons. The number of carbonyl (C=O) groups excluding carboxylic acids is 1. The van der Waals surface area contributed by atoms with Gasteiger partial charge in [0.15, 0.2) is 0 Å². The number of hydrogen-bond acceptors (Lipinski definition) is 2. The van der Waals surface area contributed by atoms with Gasteiger partial charge in [0.25, 0.3) is 0 Å². The van der Waals surface area contributed by atoms with E-state index in [2.05, 4.69) is 21.2 Å². The second-order valence-corrected chi connectivity index (χ2v) is 5.42. The van der Waals surface area contributed by atoms with Gasteiger partial charge in [0.1, 0.15) is 0 Å². The number of carbonyl (C=O) groups is 1. The molecule has 100 valence electrons. The lowest BCUT2D eigenvalue weighted by atomic mass is 9.98. The molecule has 0 aromatic heterocycles. The molecule has 0 unspecified atom stereocenters. The number of unbranched alkanes of at least 4 members (excludes halogenated alkanes) is 1. The quantitative estimate of drug-likeness (QED) is 0.553. The summed E-state index contributed by atoms with van der Waals surface area (Å²) in [5, 5.41) is 3.88. The van der Waals surface area contributed by atoms with Crippen LogP contribution in [0.3, 0.4) is 0 Å². The molecule has 0 aromatic carbocycles. The minimum absolute atomic E-state index is 0.151. The van der Waals surface area contributed by atoms with Crippen LogP contribution in [0.5, 0.6) is 0 Å². The maximum atomic E-state index is 11.4. The van der Waals surface area contributed by atoms with Crippen LogP contribution in [0.15, 0.2) is 0 Å². The predicted molar refractivity (Wildman–Crippen MR) is 73.5 cm³/mol. The molecule has 0 saturated heterocycles. The van der Waals surface area contributed by atoms with Crippen molar-refractivity contribution in [2.24, 2.45) is 0 Å². The highest BCUT2D eigenvalue weighted by Crippen LogP contribution is 2.19. The lowest BCUT2D eigenvalue weighted by molar-refractivity contribution is -0.121. The van der Waals surface area contributed by atoms with Crippen molar-refractivity contribution in [2.75, 3.05) is 18.5 Å². The van der Waals surface area contributed by atoms with E-state index >= 15 is 0 Å². The van der Waals surface area contributed by atoms with Gasteiger partial charge in [-0.05, 0) is 25.7 Å². The molecule has 0 heterocycles. The number of hydrogen-bond donors (Lipinski definition) is 1. The summed E-state index contributed by atoms with van der Waals surface area (Å²) in [5.41, 5.74) is 0. The molecule has 17 heavy (non-hydrogen) atoms. The first-order chi connectivity index (χ1) is 8.33. The second kappa shape index (κ2) is 9.89. The number of alkyl halides is 1. The standard InChI is InChI=1S/C13H24BrNO2/c14-9-5-4-8-13(16)15-10-11-17-12-6-2-1-3-7-12/h12H,1-11H2,(H,15,16). The fourth-order valence-corrected chi connectivity index (χ4v) is 2.51. The Morgan fingerprint density at radius 1 is 1.24 bits per heavy atom. The predicted octanol–water partition coefficient (Wildman–Crippen LogP) is 3.02. The van der Waals surface area contributed by atoms with Crippen LogP contribution in [-0.4, -0.2) is 30.5 Å². The summed E-state index contributed by atoms with van der Waals surface area (Å²) in [6, 6.07) is 0. The van der Waals surface area contributed by atoms with Crippen LogP contribution >= 0.6 is 15.9 Å². The van der Waals surface area contributed by atoms with Crippen molar-refractivity contribution in [1.29, 1.82) is 0 Å². The number of rotatable bonds is 8. The molecule has 1 aliphatic carbocycles. The largest absolute Gasteiger partial charge is 0.376 e. The SMILES string of the molecule is O=C(CCCCBr)NCCOC1CCCCC1. The summed E-state index contributed by atoms with van der Waals surface area (Å²) >= 11 is 3.36. The van der Waals surface area contributed by atoms with Crippen molar-refractivity contribution in [3.8, 4) is 0 Å². The average Bonchev–Trinajstić information content (AvgIpc) is 2.36. The van der Waals surface area contributed by atoms with E-state index in [0.29, 0.717) is 25.7 Å². The van der Waals surface area contributed by atoms with Gasteiger partial charge in [0.2, 0.25) is 5.91 Å². The van der Waals surface area contributed by atoms with Crippen molar-refractivity contribution in [3.05, 3.63) is 0 Å². The Morgan fingerprint density at radius 3 is 2.71 bits per heavy atom. The fraction of sp³-hybridized carbons (Fsp3) is 0.923. The van der Waals surface area contributed by atoms with Gasteiger partial charge < -0.3 is 10.1 Å². The molecule has 1 N–H and O–H groups in total. The Balaban J connectivity index is 1.90. The van der Waals surface area contributed by atoms with E-state index in [-0.39, 0.29) is 5.91 Å². The Kier molecular flexibility index (Phi) is 8.71.